The van der Waals surface area contributed by atoms with Crippen molar-refractivity contribution < 1.29 is 35.9 Å². The summed E-state index contributed by atoms with van der Waals surface area (Å²) in [7, 11) is -0.410. The molecule has 1 amide bonds. The van der Waals surface area contributed by atoms with E-state index in [-0.39, 0.29) is 28.3 Å². The van der Waals surface area contributed by atoms with E-state index in [9.17, 15) is 26.4 Å². The Labute approximate surface area is 199 Å². The maximum Gasteiger partial charge on any atom is 0.434 e. The third-order valence-electron chi connectivity index (χ3n) is 4.21. The van der Waals surface area contributed by atoms with Crippen LogP contribution in [0.3, 0.4) is 0 Å². The molecule has 1 aromatic carbocycles. The van der Waals surface area contributed by atoms with Crippen LogP contribution in [-0.2, 0) is 23.2 Å². The number of aryl methyl sites for hydroxylation is 1. The molecule has 3 rings (SSSR count). The molecule has 3 aromatic rings. The molecular formula is C18H16BrF3N6O5S. The van der Waals surface area contributed by atoms with Gasteiger partial charge in [-0.15, -0.1) is 0 Å². The van der Waals surface area contributed by atoms with Crippen molar-refractivity contribution in [1.29, 1.82) is 0 Å². The molecule has 11 nitrogen and oxygen atoms in total. The van der Waals surface area contributed by atoms with E-state index in [1.807, 2.05) is 0 Å². The standard InChI is InChI=1S/C18H16BrF3N6O5S/c1-28-15(18(20,21)22)13(19)14(26-28)16(29)23-9-4-6-10(7-5-9)34(30,31)27-11-8-12(32-2)25-17(24-11)33-3/h4-8H,1-3H3,(H,23,29)(H,24,25,27). The fraction of sp³-hybridized carbons (Fsp3) is 0.222. The molecule has 0 bridgehead atoms. The molecular weight excluding hydrogens is 549 g/mol. The van der Waals surface area contributed by atoms with Gasteiger partial charge >= 0.3 is 12.2 Å². The number of rotatable bonds is 7. The van der Waals surface area contributed by atoms with Gasteiger partial charge in [0.15, 0.2) is 17.2 Å². The van der Waals surface area contributed by atoms with Gasteiger partial charge in [-0.1, -0.05) is 0 Å². The summed E-state index contributed by atoms with van der Waals surface area (Å²) in [6.45, 7) is 0. The summed E-state index contributed by atoms with van der Waals surface area (Å²) >= 11 is 2.76. The molecule has 182 valence electrons. The van der Waals surface area contributed by atoms with Crippen molar-refractivity contribution in [3.05, 3.63) is 46.2 Å². The number of halogens is 4. The fourth-order valence-electron chi connectivity index (χ4n) is 2.71. The molecule has 0 aliphatic rings. The number of carbonyl (C=O) groups is 1. The normalized spacial score (nSPS) is 11.7. The van der Waals surface area contributed by atoms with Crippen LogP contribution < -0.4 is 19.5 Å². The maximum absolute atomic E-state index is 13.1. The van der Waals surface area contributed by atoms with Crippen LogP contribution in [0, 0.1) is 0 Å². The van der Waals surface area contributed by atoms with Crippen LogP contribution in [0.2, 0.25) is 0 Å². The number of carbonyl (C=O) groups excluding carboxylic acids is 1. The van der Waals surface area contributed by atoms with E-state index in [0.717, 1.165) is 7.05 Å². The van der Waals surface area contributed by atoms with Gasteiger partial charge in [-0.05, 0) is 40.2 Å². The quantitative estimate of drug-likeness (QED) is 0.446. The predicted octanol–water partition coefficient (Wildman–Crippen LogP) is 3.06. The Morgan fingerprint density at radius 1 is 1.12 bits per heavy atom. The molecule has 16 heteroatoms. The van der Waals surface area contributed by atoms with Crippen molar-refractivity contribution in [3.63, 3.8) is 0 Å². The SMILES string of the molecule is COc1cc(NS(=O)(=O)c2ccc(NC(=O)c3nn(C)c(C(F)(F)F)c3Br)cc2)nc(OC)n1. The summed E-state index contributed by atoms with van der Waals surface area (Å²) in [4.78, 5) is 20.0. The van der Waals surface area contributed by atoms with Gasteiger partial charge in [0.2, 0.25) is 5.88 Å². The highest BCUT2D eigenvalue weighted by Gasteiger charge is 2.39. The number of hydrogen-bond donors (Lipinski definition) is 2. The van der Waals surface area contributed by atoms with Gasteiger partial charge in [0, 0.05) is 18.8 Å². The summed E-state index contributed by atoms with van der Waals surface area (Å²) in [5, 5.41) is 5.97. The van der Waals surface area contributed by atoms with E-state index in [1.165, 1.54) is 44.6 Å². The second-order valence-electron chi connectivity index (χ2n) is 6.50. The second-order valence-corrected chi connectivity index (χ2v) is 8.97. The summed E-state index contributed by atoms with van der Waals surface area (Å²) < 4.78 is 76.8. The Kier molecular flexibility index (Phi) is 7.02. The average molecular weight is 565 g/mol. The molecule has 0 spiro atoms. The number of amides is 1. The Morgan fingerprint density at radius 2 is 1.76 bits per heavy atom. The van der Waals surface area contributed by atoms with Gasteiger partial charge in [0.05, 0.1) is 23.6 Å². The van der Waals surface area contributed by atoms with Crippen molar-refractivity contribution in [2.45, 2.75) is 11.1 Å². The minimum Gasteiger partial charge on any atom is -0.481 e. The number of anilines is 2. The molecule has 0 aliphatic heterocycles. The fourth-order valence-corrected chi connectivity index (χ4v) is 4.44. The Morgan fingerprint density at radius 3 is 2.29 bits per heavy atom. The number of hydrogen-bond acceptors (Lipinski definition) is 8. The number of aromatic nitrogens is 4. The lowest BCUT2D eigenvalue weighted by atomic mass is 10.3. The molecule has 0 unspecified atom stereocenters. The highest BCUT2D eigenvalue weighted by molar-refractivity contribution is 9.10. The van der Waals surface area contributed by atoms with Crippen molar-refractivity contribution in [1.82, 2.24) is 19.7 Å². The van der Waals surface area contributed by atoms with Crippen LogP contribution in [0.15, 0.2) is 39.7 Å². The molecule has 0 atom stereocenters. The van der Waals surface area contributed by atoms with Gasteiger partial charge in [0.25, 0.3) is 15.9 Å². The highest BCUT2D eigenvalue weighted by Crippen LogP contribution is 2.36. The first-order valence-electron chi connectivity index (χ1n) is 9.06. The lowest BCUT2D eigenvalue weighted by Crippen LogP contribution is -2.16. The van der Waals surface area contributed by atoms with E-state index in [2.05, 4.69) is 41.0 Å². The van der Waals surface area contributed by atoms with Gasteiger partial charge < -0.3 is 14.8 Å². The summed E-state index contributed by atoms with van der Waals surface area (Å²) in [5.41, 5.74) is -1.48. The largest absolute Gasteiger partial charge is 0.481 e. The molecule has 0 saturated carbocycles. The van der Waals surface area contributed by atoms with Gasteiger partial charge in [-0.3, -0.25) is 14.2 Å². The van der Waals surface area contributed by atoms with Crippen LogP contribution in [0.25, 0.3) is 0 Å². The second kappa shape index (κ2) is 9.46. The predicted molar refractivity (Wildman–Crippen MR) is 116 cm³/mol. The van der Waals surface area contributed by atoms with E-state index >= 15 is 0 Å². The van der Waals surface area contributed by atoms with Crippen LogP contribution in [0.4, 0.5) is 24.7 Å². The molecule has 2 N–H and O–H groups in total. The first kappa shape index (κ1) is 25.2. The summed E-state index contributed by atoms with van der Waals surface area (Å²) in [6, 6.07) is 6.01. The number of nitrogens with zero attached hydrogens (tertiary/aromatic N) is 4. The van der Waals surface area contributed by atoms with Crippen LogP contribution in [-0.4, -0.2) is 48.3 Å². The first-order chi connectivity index (χ1) is 15.9. The summed E-state index contributed by atoms with van der Waals surface area (Å²) in [5.74, 6) is -0.967. The third-order valence-corrected chi connectivity index (χ3v) is 6.33. The average Bonchev–Trinajstić information content (AvgIpc) is 3.07. The van der Waals surface area contributed by atoms with Crippen LogP contribution in [0.5, 0.6) is 11.9 Å². The monoisotopic (exact) mass is 564 g/mol. The van der Waals surface area contributed by atoms with Gasteiger partial charge in [-0.25, -0.2) is 8.42 Å². The molecule has 0 fully saturated rings. The molecule has 0 aliphatic carbocycles. The Balaban J connectivity index is 1.78. The summed E-state index contributed by atoms with van der Waals surface area (Å²) in [6.07, 6.45) is -4.72. The smallest absolute Gasteiger partial charge is 0.434 e. The Bertz CT molecular complexity index is 1310. The third kappa shape index (κ3) is 5.39. The maximum atomic E-state index is 13.1. The minimum absolute atomic E-state index is 0.0666. The first-order valence-corrected chi connectivity index (χ1v) is 11.3. The number of benzene rings is 1. The molecule has 2 heterocycles. The highest BCUT2D eigenvalue weighted by atomic mass is 79.9. The van der Waals surface area contributed by atoms with Crippen LogP contribution >= 0.6 is 15.9 Å². The van der Waals surface area contributed by atoms with Crippen molar-refractivity contribution >= 4 is 43.4 Å². The zero-order chi connectivity index (χ0) is 25.3. The number of ether oxygens (including phenoxy) is 2. The minimum atomic E-state index is -4.72. The van der Waals surface area contributed by atoms with Crippen LogP contribution in [0.1, 0.15) is 16.2 Å². The van der Waals surface area contributed by atoms with Crippen molar-refractivity contribution in [2.75, 3.05) is 24.3 Å². The van der Waals surface area contributed by atoms with E-state index in [1.54, 1.807) is 0 Å². The van der Waals surface area contributed by atoms with Crippen molar-refractivity contribution in [2.24, 2.45) is 7.05 Å². The molecule has 0 radical (unpaired) electrons. The van der Waals surface area contributed by atoms with Gasteiger partial charge in [0.1, 0.15) is 0 Å². The topological polar surface area (TPSA) is 137 Å². The number of alkyl halides is 3. The van der Waals surface area contributed by atoms with E-state index in [4.69, 9.17) is 9.47 Å². The Hall–Kier alpha value is -3.40. The molecule has 34 heavy (non-hydrogen) atoms. The molecule has 0 saturated heterocycles. The zero-order valence-electron chi connectivity index (χ0n) is 17.6. The lowest BCUT2D eigenvalue weighted by molar-refractivity contribution is -0.144. The number of methoxy groups -OCH3 is 2. The van der Waals surface area contributed by atoms with Gasteiger partial charge in [-0.2, -0.15) is 28.2 Å². The number of sulfonamides is 1. The van der Waals surface area contributed by atoms with E-state index < -0.39 is 38.0 Å². The van der Waals surface area contributed by atoms with Crippen molar-refractivity contribution in [3.8, 4) is 11.9 Å². The number of nitrogens with one attached hydrogen (secondary N) is 2. The lowest BCUT2D eigenvalue weighted by Gasteiger charge is -2.10. The molecule has 2 aromatic heterocycles. The van der Waals surface area contributed by atoms with E-state index in [0.29, 0.717) is 4.68 Å². The zero-order valence-corrected chi connectivity index (χ0v) is 20.0.